The number of nitrogens with two attached hydrogens (primary N) is 2. The molecule has 4 N–H and O–H groups in total. The Kier molecular flexibility index (Phi) is 11.7. The van der Waals surface area contributed by atoms with Gasteiger partial charge in [-0.2, -0.15) is 0 Å². The first kappa shape index (κ1) is 19.7. The Labute approximate surface area is 158 Å². The molecule has 2 rings (SSSR count). The van der Waals surface area contributed by atoms with E-state index in [9.17, 15) is 0 Å². The molecule has 0 saturated carbocycles. The number of pyridine rings is 2. The van der Waals surface area contributed by atoms with Crippen molar-refractivity contribution in [2.24, 2.45) is 0 Å². The largest absolute Gasteiger partial charge is 0.397 e. The van der Waals surface area contributed by atoms with Gasteiger partial charge in [0, 0.05) is 37.2 Å². The lowest BCUT2D eigenvalue weighted by atomic mass is 10.4. The summed E-state index contributed by atoms with van der Waals surface area (Å²) in [6.45, 7) is 0. The fourth-order valence-electron chi connectivity index (χ4n) is 0.810. The van der Waals surface area contributed by atoms with E-state index in [2.05, 4.69) is 47.2 Å². The molecule has 104 valence electrons. The Bertz CT molecular complexity index is 476. The molecule has 19 heavy (non-hydrogen) atoms. The van der Waals surface area contributed by atoms with Crippen molar-refractivity contribution in [3.63, 3.8) is 0 Å². The van der Waals surface area contributed by atoms with Crippen LogP contribution < -0.4 is 11.5 Å². The van der Waals surface area contributed by atoms with Crippen molar-refractivity contribution < 1.29 is 0 Å². The molecular weight excluding hydrogens is 628 g/mol. The van der Waals surface area contributed by atoms with Gasteiger partial charge in [0.15, 0.2) is 0 Å². The van der Waals surface area contributed by atoms with Crippen molar-refractivity contribution in [1.82, 2.24) is 9.97 Å². The first-order valence-corrected chi connectivity index (χ1v) is 12.7. The Morgan fingerprint density at radius 1 is 0.947 bits per heavy atom. The van der Waals surface area contributed by atoms with E-state index in [4.69, 9.17) is 34.7 Å². The van der Waals surface area contributed by atoms with Gasteiger partial charge in [0.25, 0.3) is 0 Å². The van der Waals surface area contributed by atoms with Gasteiger partial charge in [-0.05, 0) is 46.9 Å². The zero-order chi connectivity index (χ0) is 14.8. The van der Waals surface area contributed by atoms with Gasteiger partial charge in [-0.1, -0.05) is 23.2 Å². The van der Waals surface area contributed by atoms with Crippen LogP contribution >= 0.6 is 83.0 Å². The number of aromatic nitrogens is 2. The fraction of sp³-hybridized carbons (Fsp3) is 0. The van der Waals surface area contributed by atoms with E-state index in [1.807, 2.05) is 22.6 Å². The van der Waals surface area contributed by atoms with E-state index in [1.165, 1.54) is 6.20 Å². The average molecular weight is 637 g/mol. The molecule has 0 unspecified atom stereocenters. The summed E-state index contributed by atoms with van der Waals surface area (Å²) in [4.78, 5) is 7.62. The minimum atomic E-state index is 0.471. The monoisotopic (exact) mass is 636 g/mol. The molecule has 0 aliphatic rings. The van der Waals surface area contributed by atoms with Gasteiger partial charge < -0.3 is 11.5 Å². The van der Waals surface area contributed by atoms with Crippen LogP contribution in [0.1, 0.15) is 0 Å². The quantitative estimate of drug-likeness (QED) is 0.315. The molecule has 0 bridgehead atoms. The number of hydrogen-bond donors (Lipinski definition) is 2. The first-order chi connectivity index (χ1) is 8.99. The molecule has 0 fully saturated rings. The molecule has 0 amide bonds. The molecule has 0 aliphatic heterocycles. The van der Waals surface area contributed by atoms with Gasteiger partial charge in [-0.25, -0.2) is 9.97 Å². The number of rotatable bonds is 0. The molecule has 9 heteroatoms. The predicted molar refractivity (Wildman–Crippen MR) is 108 cm³/mol. The third-order valence-electron chi connectivity index (χ3n) is 1.59. The van der Waals surface area contributed by atoms with E-state index in [0.717, 1.165) is 3.70 Å². The second-order valence-electron chi connectivity index (χ2n) is 2.93. The minimum absolute atomic E-state index is 0.471. The Balaban J connectivity index is 0.000000303. The van der Waals surface area contributed by atoms with Gasteiger partial charge in [0.2, 0.25) is 0 Å². The summed E-state index contributed by atoms with van der Waals surface area (Å²) in [5.41, 5.74) is 12.1. The van der Waals surface area contributed by atoms with Crippen LogP contribution in [0.15, 0.2) is 30.5 Å². The Morgan fingerprint density at radius 3 is 1.89 bits per heavy atom. The number of halogens is 5. The maximum absolute atomic E-state index is 5.55. The lowest BCUT2D eigenvalue weighted by Gasteiger charge is -1.94. The summed E-state index contributed by atoms with van der Waals surface area (Å²) in [5.74, 6) is 0. The molecular formula is C10H9Cl2I3N4. The van der Waals surface area contributed by atoms with E-state index in [1.54, 1.807) is 24.3 Å². The van der Waals surface area contributed by atoms with E-state index >= 15 is 0 Å². The number of hydrogen-bond acceptors (Lipinski definition) is 4. The Morgan fingerprint density at radius 2 is 1.53 bits per heavy atom. The summed E-state index contributed by atoms with van der Waals surface area (Å²) in [6.07, 6.45) is 1.52. The van der Waals surface area contributed by atoms with Crippen LogP contribution in [0.4, 0.5) is 11.4 Å². The normalized spacial score (nSPS) is 8.68. The van der Waals surface area contributed by atoms with E-state index < -0.39 is 0 Å². The van der Waals surface area contributed by atoms with Gasteiger partial charge >= 0.3 is 0 Å². The van der Waals surface area contributed by atoms with Crippen LogP contribution in [-0.4, -0.2) is 9.97 Å². The second-order valence-corrected chi connectivity index (χ2v) is 4.72. The van der Waals surface area contributed by atoms with Crippen LogP contribution in [0.5, 0.6) is 0 Å². The highest BCUT2D eigenvalue weighted by Gasteiger charge is 1.94. The Hall–Kier alpha value is 0.670. The van der Waals surface area contributed by atoms with Crippen molar-refractivity contribution in [3.8, 4) is 0 Å². The first-order valence-electron chi connectivity index (χ1n) is 4.58. The van der Waals surface area contributed by atoms with E-state index in [0.29, 0.717) is 21.7 Å². The van der Waals surface area contributed by atoms with Crippen molar-refractivity contribution in [2.75, 3.05) is 11.5 Å². The second kappa shape index (κ2) is 11.3. The minimum Gasteiger partial charge on any atom is -0.397 e. The molecule has 2 heterocycles. The standard InChI is InChI=1S/C5H4ClIN2.C5H5ClN2.I2/c6-4-2-1-3(8)5(7)9-4;6-5-2-1-4(7)3-8-5;1-2/h1-2H,8H2;1-3H,7H2;. The van der Waals surface area contributed by atoms with E-state index in [-0.39, 0.29) is 0 Å². The van der Waals surface area contributed by atoms with Gasteiger partial charge in [0.1, 0.15) is 14.0 Å². The summed E-state index contributed by atoms with van der Waals surface area (Å²) in [7, 11) is 0. The lowest BCUT2D eigenvalue weighted by Crippen LogP contribution is -1.91. The van der Waals surface area contributed by atoms with Crippen LogP contribution in [-0.2, 0) is 0 Å². The molecule has 0 atom stereocenters. The molecule has 4 nitrogen and oxygen atoms in total. The molecule has 0 radical (unpaired) electrons. The molecule has 2 aromatic rings. The fourth-order valence-corrected chi connectivity index (χ4v) is 1.65. The van der Waals surface area contributed by atoms with Crippen LogP contribution in [0.2, 0.25) is 10.3 Å². The summed E-state index contributed by atoms with van der Waals surface area (Å²) in [6, 6.07) is 6.75. The zero-order valence-electron chi connectivity index (χ0n) is 9.33. The average Bonchev–Trinajstić information content (AvgIpc) is 2.41. The van der Waals surface area contributed by atoms with Gasteiger partial charge in [-0.3, -0.25) is 0 Å². The van der Waals surface area contributed by atoms with Crippen molar-refractivity contribution >= 4 is 94.4 Å². The smallest absolute Gasteiger partial charge is 0.130 e. The highest BCUT2D eigenvalue weighted by molar-refractivity contribution is 15.0. The topological polar surface area (TPSA) is 77.8 Å². The summed E-state index contributed by atoms with van der Waals surface area (Å²) >= 11 is 17.3. The number of nitrogen functional groups attached to an aromatic ring is 2. The zero-order valence-corrected chi connectivity index (χ0v) is 17.3. The highest BCUT2D eigenvalue weighted by Crippen LogP contribution is 2.14. The summed E-state index contributed by atoms with van der Waals surface area (Å²) in [5, 5.41) is 0.952. The van der Waals surface area contributed by atoms with Crippen LogP contribution in [0.25, 0.3) is 0 Å². The SMILES string of the molecule is II.Nc1ccc(Cl)nc1.Nc1ccc(Cl)nc1I. The lowest BCUT2D eigenvalue weighted by molar-refractivity contribution is 1.28. The predicted octanol–water partition coefficient (Wildman–Crippen LogP) is 5.01. The van der Waals surface area contributed by atoms with Crippen molar-refractivity contribution in [2.45, 2.75) is 0 Å². The maximum atomic E-state index is 5.55. The molecule has 0 spiro atoms. The van der Waals surface area contributed by atoms with Gasteiger partial charge in [-0.15, -0.1) is 0 Å². The summed E-state index contributed by atoms with van der Waals surface area (Å²) < 4.78 is 0.750. The van der Waals surface area contributed by atoms with Crippen molar-refractivity contribution in [3.05, 3.63) is 44.5 Å². The third kappa shape index (κ3) is 9.26. The molecule has 0 aromatic carbocycles. The maximum Gasteiger partial charge on any atom is 0.130 e. The van der Waals surface area contributed by atoms with Crippen LogP contribution in [0, 0.1) is 3.70 Å². The highest BCUT2D eigenvalue weighted by atomic mass is 128. The van der Waals surface area contributed by atoms with Crippen LogP contribution in [0.3, 0.4) is 0 Å². The molecule has 2 aromatic heterocycles. The van der Waals surface area contributed by atoms with Crippen molar-refractivity contribution in [1.29, 1.82) is 0 Å². The van der Waals surface area contributed by atoms with Gasteiger partial charge in [0.05, 0.1) is 17.6 Å². The third-order valence-corrected chi connectivity index (χ3v) is 2.89. The molecule has 0 saturated heterocycles. The number of anilines is 2. The number of nitrogens with zero attached hydrogens (tertiary/aromatic N) is 2. The molecule has 0 aliphatic carbocycles.